The lowest BCUT2D eigenvalue weighted by Crippen LogP contribution is -2.50. The van der Waals surface area contributed by atoms with Crippen LogP contribution in [0.2, 0.25) is 0 Å². The highest BCUT2D eigenvalue weighted by atomic mass is 32.2. The van der Waals surface area contributed by atoms with E-state index in [9.17, 15) is 9.59 Å². The Labute approximate surface area is 153 Å². The van der Waals surface area contributed by atoms with Gasteiger partial charge in [-0.1, -0.05) is 32.0 Å². The lowest BCUT2D eigenvalue weighted by Gasteiger charge is -2.27. The number of carbonyl (C=O) groups is 2. The first-order valence-electron chi connectivity index (χ1n) is 8.36. The Hall–Kier alpha value is -1.14. The molecule has 1 saturated heterocycles. The fourth-order valence-corrected chi connectivity index (χ4v) is 4.33. The summed E-state index contributed by atoms with van der Waals surface area (Å²) < 4.78 is 0. The summed E-state index contributed by atoms with van der Waals surface area (Å²) in [5, 5.41) is 2.84. The molecule has 4 nitrogen and oxygen atoms in total. The summed E-state index contributed by atoms with van der Waals surface area (Å²) in [6, 6.07) is 9.67. The highest BCUT2D eigenvalue weighted by molar-refractivity contribution is 8.00. The molecule has 1 aromatic carbocycles. The Morgan fingerprint density at radius 1 is 1.29 bits per heavy atom. The first-order chi connectivity index (χ1) is 11.5. The Balaban J connectivity index is 2.09. The zero-order valence-corrected chi connectivity index (χ0v) is 16.2. The molecule has 0 saturated carbocycles. The normalized spacial score (nSPS) is 22.8. The molecule has 132 valence electrons. The lowest BCUT2D eigenvalue weighted by molar-refractivity contribution is -0.135. The Kier molecular flexibility index (Phi) is 7.49. The predicted octanol–water partition coefficient (Wildman–Crippen LogP) is 3.23. The van der Waals surface area contributed by atoms with Crippen LogP contribution in [-0.2, 0) is 9.59 Å². The van der Waals surface area contributed by atoms with Gasteiger partial charge in [-0.2, -0.15) is 0 Å². The minimum atomic E-state index is -0.421. The third-order valence-electron chi connectivity index (χ3n) is 3.86. The third-order valence-corrected chi connectivity index (χ3v) is 6.04. The lowest BCUT2D eigenvalue weighted by atomic mass is 10.0. The molecule has 1 fully saturated rings. The number of thioether (sulfide) groups is 2. The number of nitrogens with one attached hydrogen (secondary N) is 1. The van der Waals surface area contributed by atoms with Gasteiger partial charge in [0, 0.05) is 17.2 Å². The van der Waals surface area contributed by atoms with E-state index in [0.717, 1.165) is 10.6 Å². The molecule has 1 heterocycles. The summed E-state index contributed by atoms with van der Waals surface area (Å²) in [7, 11) is 0. The molecule has 24 heavy (non-hydrogen) atoms. The monoisotopic (exact) mass is 366 g/mol. The van der Waals surface area contributed by atoms with Crippen molar-refractivity contribution in [1.82, 2.24) is 10.2 Å². The standard InChI is InChI=1S/C18H26N2O2S2/c1-13(2)11-16-18(22)20(9-10-23-14(3)17(21)19-16)12-24-15-7-5-4-6-8-15/h4-8,13-14,16H,9-12H2,1-3H3,(H,19,21). The first kappa shape index (κ1) is 19.2. The second-order valence-electron chi connectivity index (χ2n) is 6.39. The zero-order valence-electron chi connectivity index (χ0n) is 14.5. The van der Waals surface area contributed by atoms with E-state index in [0.29, 0.717) is 24.8 Å². The van der Waals surface area contributed by atoms with Crippen LogP contribution in [-0.4, -0.2) is 46.2 Å². The Morgan fingerprint density at radius 3 is 2.67 bits per heavy atom. The van der Waals surface area contributed by atoms with Crippen molar-refractivity contribution < 1.29 is 9.59 Å². The largest absolute Gasteiger partial charge is 0.343 e. The van der Waals surface area contributed by atoms with Crippen LogP contribution in [0.3, 0.4) is 0 Å². The topological polar surface area (TPSA) is 49.4 Å². The molecule has 1 aliphatic rings. The molecule has 0 radical (unpaired) electrons. The molecule has 6 heteroatoms. The van der Waals surface area contributed by atoms with Gasteiger partial charge in [0.1, 0.15) is 6.04 Å². The van der Waals surface area contributed by atoms with Crippen LogP contribution < -0.4 is 5.32 Å². The second kappa shape index (κ2) is 9.37. The molecule has 1 aliphatic heterocycles. The smallest absolute Gasteiger partial charge is 0.245 e. The van der Waals surface area contributed by atoms with E-state index in [4.69, 9.17) is 0 Å². The van der Waals surface area contributed by atoms with Crippen LogP contribution in [0.25, 0.3) is 0 Å². The van der Waals surface area contributed by atoms with Gasteiger partial charge < -0.3 is 10.2 Å². The van der Waals surface area contributed by atoms with Crippen molar-refractivity contribution in [3.05, 3.63) is 30.3 Å². The van der Waals surface area contributed by atoms with E-state index in [1.165, 1.54) is 0 Å². The summed E-state index contributed by atoms with van der Waals surface area (Å²) in [6.07, 6.45) is 0.675. The zero-order chi connectivity index (χ0) is 17.5. The van der Waals surface area contributed by atoms with Crippen molar-refractivity contribution in [2.24, 2.45) is 5.92 Å². The van der Waals surface area contributed by atoms with Gasteiger partial charge in [0.05, 0.1) is 11.1 Å². The van der Waals surface area contributed by atoms with Gasteiger partial charge in [0.2, 0.25) is 11.8 Å². The van der Waals surface area contributed by atoms with Gasteiger partial charge >= 0.3 is 0 Å². The summed E-state index contributed by atoms with van der Waals surface area (Å²) in [5.41, 5.74) is 0. The van der Waals surface area contributed by atoms with Gasteiger partial charge in [-0.05, 0) is 31.4 Å². The SMILES string of the molecule is CC(C)CC1NC(=O)C(C)SCCN(CSc2ccccc2)C1=O. The number of carbonyl (C=O) groups excluding carboxylic acids is 2. The molecule has 1 aromatic rings. The molecule has 0 spiro atoms. The number of benzene rings is 1. The molecular weight excluding hydrogens is 340 g/mol. The van der Waals surface area contributed by atoms with Crippen LogP contribution in [0.4, 0.5) is 0 Å². The molecule has 0 aromatic heterocycles. The van der Waals surface area contributed by atoms with Crippen molar-refractivity contribution in [3.8, 4) is 0 Å². The Morgan fingerprint density at radius 2 is 2.00 bits per heavy atom. The molecule has 2 unspecified atom stereocenters. The van der Waals surface area contributed by atoms with Crippen molar-refractivity contribution in [2.75, 3.05) is 18.2 Å². The van der Waals surface area contributed by atoms with Crippen molar-refractivity contribution in [3.63, 3.8) is 0 Å². The minimum absolute atomic E-state index is 0.0310. The van der Waals surface area contributed by atoms with Gasteiger partial charge in [-0.3, -0.25) is 9.59 Å². The van der Waals surface area contributed by atoms with Gasteiger partial charge in [0.25, 0.3) is 0 Å². The number of hydrogen-bond donors (Lipinski definition) is 1. The predicted molar refractivity (Wildman–Crippen MR) is 102 cm³/mol. The maximum Gasteiger partial charge on any atom is 0.245 e. The van der Waals surface area contributed by atoms with Crippen molar-refractivity contribution >= 4 is 35.3 Å². The first-order valence-corrected chi connectivity index (χ1v) is 10.4. The molecule has 2 atom stereocenters. The maximum absolute atomic E-state index is 12.9. The van der Waals surface area contributed by atoms with E-state index < -0.39 is 6.04 Å². The van der Waals surface area contributed by atoms with Crippen molar-refractivity contribution in [2.45, 2.75) is 43.4 Å². The summed E-state index contributed by atoms with van der Waals surface area (Å²) in [4.78, 5) is 28.2. The molecule has 0 aliphatic carbocycles. The van der Waals surface area contributed by atoms with E-state index >= 15 is 0 Å². The van der Waals surface area contributed by atoms with Gasteiger partial charge in [0.15, 0.2) is 0 Å². The van der Waals surface area contributed by atoms with E-state index in [1.807, 2.05) is 30.0 Å². The van der Waals surface area contributed by atoms with Gasteiger partial charge in [-0.25, -0.2) is 0 Å². The third kappa shape index (κ3) is 5.74. The highest BCUT2D eigenvalue weighted by Crippen LogP contribution is 2.22. The van der Waals surface area contributed by atoms with E-state index in [-0.39, 0.29) is 17.1 Å². The number of hydrogen-bond acceptors (Lipinski definition) is 4. The van der Waals surface area contributed by atoms with Crippen LogP contribution in [0, 0.1) is 5.92 Å². The van der Waals surface area contributed by atoms with Crippen molar-refractivity contribution in [1.29, 1.82) is 0 Å². The fourth-order valence-electron chi connectivity index (χ4n) is 2.53. The summed E-state index contributed by atoms with van der Waals surface area (Å²) >= 11 is 3.27. The number of amides is 2. The highest BCUT2D eigenvalue weighted by Gasteiger charge is 2.30. The average Bonchev–Trinajstić information content (AvgIpc) is 2.60. The number of rotatable bonds is 5. The Bertz CT molecular complexity index is 551. The number of nitrogens with zero attached hydrogens (tertiary/aromatic N) is 1. The molecule has 2 rings (SSSR count). The average molecular weight is 367 g/mol. The minimum Gasteiger partial charge on any atom is -0.343 e. The van der Waals surface area contributed by atoms with Crippen LogP contribution in [0.15, 0.2) is 35.2 Å². The van der Waals surface area contributed by atoms with E-state index in [2.05, 4.69) is 31.3 Å². The van der Waals surface area contributed by atoms with E-state index in [1.54, 1.807) is 23.5 Å². The summed E-state index contributed by atoms with van der Waals surface area (Å²) in [5.74, 6) is 1.75. The van der Waals surface area contributed by atoms with Crippen LogP contribution >= 0.6 is 23.5 Å². The summed E-state index contributed by atoms with van der Waals surface area (Å²) in [6.45, 7) is 6.74. The molecular formula is C18H26N2O2S2. The molecule has 2 amide bonds. The second-order valence-corrected chi connectivity index (χ2v) is 8.86. The van der Waals surface area contributed by atoms with Crippen LogP contribution in [0.5, 0.6) is 0 Å². The molecule has 0 bridgehead atoms. The van der Waals surface area contributed by atoms with Crippen LogP contribution in [0.1, 0.15) is 27.2 Å². The van der Waals surface area contributed by atoms with Gasteiger partial charge in [-0.15, -0.1) is 23.5 Å². The maximum atomic E-state index is 12.9. The molecule has 1 N–H and O–H groups in total. The quantitative estimate of drug-likeness (QED) is 0.813. The fraction of sp³-hybridized carbons (Fsp3) is 0.556.